The van der Waals surface area contributed by atoms with E-state index in [1.165, 1.54) is 16.0 Å². The number of amides is 1. The number of carbonyl (C=O) groups excluding carboxylic acids is 1. The highest BCUT2D eigenvalue weighted by atomic mass is 32.1. The van der Waals surface area contributed by atoms with E-state index in [4.69, 9.17) is 4.74 Å². The predicted molar refractivity (Wildman–Crippen MR) is 86.6 cm³/mol. The van der Waals surface area contributed by atoms with Crippen molar-refractivity contribution in [2.75, 3.05) is 13.2 Å². The first kappa shape index (κ1) is 15.7. The lowest BCUT2D eigenvalue weighted by Crippen LogP contribution is -2.32. The fourth-order valence-corrected chi connectivity index (χ4v) is 3.21. The minimum Gasteiger partial charge on any atom is -0.372 e. The lowest BCUT2D eigenvalue weighted by molar-refractivity contribution is -0.126. The average Bonchev–Trinajstić information content (AvgIpc) is 2.91. The van der Waals surface area contributed by atoms with E-state index in [9.17, 15) is 4.79 Å². The van der Waals surface area contributed by atoms with E-state index in [1.54, 1.807) is 11.3 Å². The molecule has 0 aliphatic heterocycles. The molecule has 0 saturated heterocycles. The fraction of sp³-hybridized carbons (Fsp3) is 0.353. The van der Waals surface area contributed by atoms with Crippen molar-refractivity contribution in [1.82, 2.24) is 5.32 Å². The smallest absolute Gasteiger partial charge is 0.246 e. The van der Waals surface area contributed by atoms with Crippen LogP contribution in [0.25, 0.3) is 0 Å². The van der Waals surface area contributed by atoms with Gasteiger partial charge >= 0.3 is 0 Å². The second-order valence-electron chi connectivity index (χ2n) is 4.91. The molecule has 1 aromatic heterocycles. The summed E-state index contributed by atoms with van der Waals surface area (Å²) in [7, 11) is 0. The van der Waals surface area contributed by atoms with Crippen molar-refractivity contribution in [1.29, 1.82) is 0 Å². The molecule has 0 fully saturated rings. The maximum absolute atomic E-state index is 12.0. The predicted octanol–water partition coefficient (Wildman–Crippen LogP) is 3.49. The Bertz CT molecular complexity index is 565. The Morgan fingerprint density at radius 1 is 1.29 bits per heavy atom. The van der Waals surface area contributed by atoms with Crippen LogP contribution in [0.3, 0.4) is 0 Å². The van der Waals surface area contributed by atoms with Gasteiger partial charge in [-0.1, -0.05) is 30.3 Å². The van der Waals surface area contributed by atoms with Crippen molar-refractivity contribution in [2.24, 2.45) is 0 Å². The highest BCUT2D eigenvalue weighted by Crippen LogP contribution is 2.26. The zero-order chi connectivity index (χ0) is 15.1. The van der Waals surface area contributed by atoms with Gasteiger partial charge in [-0.25, -0.2) is 0 Å². The van der Waals surface area contributed by atoms with E-state index in [2.05, 4.69) is 35.8 Å². The third-order valence-corrected chi connectivity index (χ3v) is 4.41. The molecule has 0 bridgehead atoms. The first-order valence-electron chi connectivity index (χ1n) is 7.15. The van der Waals surface area contributed by atoms with Gasteiger partial charge in [0.15, 0.2) is 0 Å². The Morgan fingerprint density at radius 3 is 2.67 bits per heavy atom. The molecule has 1 heterocycles. The Hall–Kier alpha value is -1.65. The summed E-state index contributed by atoms with van der Waals surface area (Å²) in [5.41, 5.74) is 2.43. The first-order chi connectivity index (χ1) is 10.2. The van der Waals surface area contributed by atoms with Crippen molar-refractivity contribution >= 4 is 17.2 Å². The normalized spacial score (nSPS) is 12.1. The van der Waals surface area contributed by atoms with E-state index in [1.807, 2.05) is 25.1 Å². The molecule has 2 rings (SSSR count). The van der Waals surface area contributed by atoms with Crippen molar-refractivity contribution in [3.05, 3.63) is 57.8 Å². The number of nitrogens with one attached hydrogen (secondary N) is 1. The van der Waals surface area contributed by atoms with E-state index in [0.717, 1.165) is 6.42 Å². The van der Waals surface area contributed by atoms with Gasteiger partial charge in [-0.2, -0.15) is 0 Å². The number of ether oxygens (including phenoxy) is 1. The Morgan fingerprint density at radius 2 is 2.05 bits per heavy atom. The summed E-state index contributed by atoms with van der Waals surface area (Å²) in [5, 5.41) is 5.16. The van der Waals surface area contributed by atoms with Crippen LogP contribution in [0, 0.1) is 6.92 Å². The standard InChI is InChI=1S/C17H21NO2S/c1-3-20-12-16(19)18-15(17-13(2)9-10-21-17)11-14-7-5-4-6-8-14/h4-10,15H,3,11-12H2,1-2H3,(H,18,19). The van der Waals surface area contributed by atoms with E-state index in [-0.39, 0.29) is 18.6 Å². The zero-order valence-electron chi connectivity index (χ0n) is 12.5. The maximum Gasteiger partial charge on any atom is 0.246 e. The number of carbonyl (C=O) groups is 1. The first-order valence-corrected chi connectivity index (χ1v) is 8.03. The molecule has 1 N–H and O–H groups in total. The molecule has 2 aromatic rings. The number of rotatable bonds is 7. The molecule has 1 atom stereocenters. The summed E-state index contributed by atoms with van der Waals surface area (Å²) < 4.78 is 5.19. The molecular weight excluding hydrogens is 282 g/mol. The summed E-state index contributed by atoms with van der Waals surface area (Å²) in [6.07, 6.45) is 0.792. The van der Waals surface area contributed by atoms with Crippen LogP contribution in [-0.2, 0) is 16.0 Å². The third-order valence-electron chi connectivity index (χ3n) is 3.27. The van der Waals surface area contributed by atoms with Gasteiger partial charge in [-0.15, -0.1) is 11.3 Å². The number of hydrogen-bond donors (Lipinski definition) is 1. The van der Waals surface area contributed by atoms with Crippen molar-refractivity contribution < 1.29 is 9.53 Å². The van der Waals surface area contributed by atoms with Crippen LogP contribution >= 0.6 is 11.3 Å². The maximum atomic E-state index is 12.0. The van der Waals surface area contributed by atoms with Gasteiger partial charge in [-0.3, -0.25) is 4.79 Å². The number of hydrogen-bond acceptors (Lipinski definition) is 3. The van der Waals surface area contributed by atoms with Crippen LogP contribution in [0.2, 0.25) is 0 Å². The minimum atomic E-state index is -0.0643. The highest BCUT2D eigenvalue weighted by Gasteiger charge is 2.18. The molecule has 1 aromatic carbocycles. The SMILES string of the molecule is CCOCC(=O)NC(Cc1ccccc1)c1sccc1C. The summed E-state index contributed by atoms with van der Waals surface area (Å²) >= 11 is 1.69. The minimum absolute atomic E-state index is 0.000330. The van der Waals surface area contributed by atoms with Gasteiger partial charge in [0.25, 0.3) is 0 Å². The van der Waals surface area contributed by atoms with Crippen LogP contribution in [0.5, 0.6) is 0 Å². The molecule has 3 nitrogen and oxygen atoms in total. The molecule has 0 aliphatic rings. The molecule has 0 spiro atoms. The average molecular weight is 303 g/mol. The fourth-order valence-electron chi connectivity index (χ4n) is 2.23. The second kappa shape index (κ2) is 7.96. The van der Waals surface area contributed by atoms with Crippen molar-refractivity contribution in [3.8, 4) is 0 Å². The number of thiophene rings is 1. The molecule has 1 amide bonds. The topological polar surface area (TPSA) is 38.3 Å². The molecule has 21 heavy (non-hydrogen) atoms. The molecule has 4 heteroatoms. The van der Waals surface area contributed by atoms with Crippen molar-refractivity contribution in [3.63, 3.8) is 0 Å². The third kappa shape index (κ3) is 4.69. The largest absolute Gasteiger partial charge is 0.372 e. The van der Waals surface area contributed by atoms with Gasteiger partial charge < -0.3 is 10.1 Å². The van der Waals surface area contributed by atoms with Gasteiger partial charge in [0.2, 0.25) is 5.91 Å². The molecule has 0 aliphatic carbocycles. The summed E-state index contributed by atoms with van der Waals surface area (Å²) in [4.78, 5) is 13.2. The van der Waals surface area contributed by atoms with Crippen LogP contribution in [0.4, 0.5) is 0 Å². The molecule has 0 saturated carbocycles. The highest BCUT2D eigenvalue weighted by molar-refractivity contribution is 7.10. The van der Waals surface area contributed by atoms with E-state index >= 15 is 0 Å². The summed E-state index contributed by atoms with van der Waals surface area (Å²) in [6, 6.07) is 12.3. The van der Waals surface area contributed by atoms with Gasteiger partial charge in [-0.05, 0) is 42.8 Å². The number of benzene rings is 1. The van der Waals surface area contributed by atoms with Gasteiger partial charge in [0.1, 0.15) is 6.61 Å². The molecule has 1 unspecified atom stereocenters. The van der Waals surface area contributed by atoms with Gasteiger partial charge in [0.05, 0.1) is 6.04 Å². The Kier molecular flexibility index (Phi) is 5.96. The van der Waals surface area contributed by atoms with Crippen molar-refractivity contribution in [2.45, 2.75) is 26.3 Å². The number of aryl methyl sites for hydroxylation is 1. The summed E-state index contributed by atoms with van der Waals surface area (Å²) in [5.74, 6) is -0.0643. The molecule has 0 radical (unpaired) electrons. The van der Waals surface area contributed by atoms with Gasteiger partial charge in [0, 0.05) is 11.5 Å². The lowest BCUT2D eigenvalue weighted by atomic mass is 10.0. The molecular formula is C17H21NO2S. The Labute approximate surface area is 130 Å². The zero-order valence-corrected chi connectivity index (χ0v) is 13.3. The van der Waals surface area contributed by atoms with E-state index < -0.39 is 0 Å². The van der Waals surface area contributed by atoms with E-state index in [0.29, 0.717) is 6.61 Å². The molecule has 112 valence electrons. The van der Waals surface area contributed by atoms with Crippen LogP contribution in [0.15, 0.2) is 41.8 Å². The summed E-state index contributed by atoms with van der Waals surface area (Å²) in [6.45, 7) is 4.64. The van der Waals surface area contributed by atoms with Crippen LogP contribution < -0.4 is 5.32 Å². The lowest BCUT2D eigenvalue weighted by Gasteiger charge is -2.19. The van der Waals surface area contributed by atoms with Crippen LogP contribution in [0.1, 0.15) is 29.0 Å². The Balaban J connectivity index is 2.11. The van der Waals surface area contributed by atoms with Crippen LogP contribution in [-0.4, -0.2) is 19.1 Å². The quantitative estimate of drug-likeness (QED) is 0.850. The second-order valence-corrected chi connectivity index (χ2v) is 5.86. The monoisotopic (exact) mass is 303 g/mol.